The van der Waals surface area contributed by atoms with Crippen LogP contribution in [-0.4, -0.2) is 62.2 Å². The van der Waals surface area contributed by atoms with Gasteiger partial charge in [-0.3, -0.25) is 9.59 Å². The van der Waals surface area contributed by atoms with Crippen LogP contribution < -0.4 is 9.62 Å². The van der Waals surface area contributed by atoms with Crippen LogP contribution in [0.3, 0.4) is 0 Å². The minimum Gasteiger partial charge on any atom is -0.352 e. The van der Waals surface area contributed by atoms with Crippen molar-refractivity contribution in [3.05, 3.63) is 65.5 Å². The van der Waals surface area contributed by atoms with Gasteiger partial charge in [-0.25, -0.2) is 8.70 Å². The molecule has 0 spiro atoms. The lowest BCUT2D eigenvalue weighted by molar-refractivity contribution is -0.140. The molecule has 0 radical (unpaired) electrons. The van der Waals surface area contributed by atoms with Crippen molar-refractivity contribution >= 4 is 27.7 Å². The van der Waals surface area contributed by atoms with E-state index >= 15 is 0 Å². The van der Waals surface area contributed by atoms with E-state index in [4.69, 9.17) is 0 Å². The van der Waals surface area contributed by atoms with Crippen LogP contribution in [0.1, 0.15) is 50.2 Å². The van der Waals surface area contributed by atoms with Gasteiger partial charge in [0.1, 0.15) is 18.4 Å². The van der Waals surface area contributed by atoms with Gasteiger partial charge in [0.05, 0.1) is 5.69 Å². The van der Waals surface area contributed by atoms with Crippen molar-refractivity contribution in [3.63, 3.8) is 0 Å². The van der Waals surface area contributed by atoms with Gasteiger partial charge in [0, 0.05) is 26.7 Å². The fourth-order valence-electron chi connectivity index (χ4n) is 4.65. The molecule has 2 amide bonds. The first-order valence-electron chi connectivity index (χ1n) is 12.6. The SMILES string of the molecule is CC[C@@H](C(=O)NC1CCCC1)N(Cc1cccc(C)c1)C(=O)CN(c1ccccc1F)S(=O)(=O)N(C)C. The monoisotopic (exact) mass is 532 g/mol. The molecule has 0 aliphatic heterocycles. The van der Waals surface area contributed by atoms with Gasteiger partial charge in [-0.05, 0) is 43.9 Å². The molecule has 1 saturated carbocycles. The summed E-state index contributed by atoms with van der Waals surface area (Å²) in [6, 6.07) is 12.3. The van der Waals surface area contributed by atoms with Crippen LogP contribution in [-0.2, 0) is 26.3 Å². The Labute approximate surface area is 219 Å². The molecule has 2 aromatic carbocycles. The predicted molar refractivity (Wildman–Crippen MR) is 143 cm³/mol. The summed E-state index contributed by atoms with van der Waals surface area (Å²) >= 11 is 0. The number of nitrogens with zero attached hydrogens (tertiary/aromatic N) is 3. The molecule has 202 valence electrons. The van der Waals surface area contributed by atoms with E-state index in [2.05, 4.69) is 5.32 Å². The van der Waals surface area contributed by atoms with E-state index in [0.29, 0.717) is 6.42 Å². The fraction of sp³-hybridized carbons (Fsp3) is 0.481. The van der Waals surface area contributed by atoms with E-state index in [1.54, 1.807) is 0 Å². The third-order valence-electron chi connectivity index (χ3n) is 6.66. The molecule has 37 heavy (non-hydrogen) atoms. The van der Waals surface area contributed by atoms with Gasteiger partial charge >= 0.3 is 10.2 Å². The third kappa shape index (κ3) is 7.07. The molecule has 2 aromatic rings. The third-order valence-corrected chi connectivity index (χ3v) is 8.47. The summed E-state index contributed by atoms with van der Waals surface area (Å²) in [4.78, 5) is 28.6. The Kier molecular flexibility index (Phi) is 9.67. The van der Waals surface area contributed by atoms with Crippen LogP contribution >= 0.6 is 0 Å². The van der Waals surface area contributed by atoms with Crippen molar-refractivity contribution in [2.24, 2.45) is 0 Å². The number of nitrogens with one attached hydrogen (secondary N) is 1. The number of carbonyl (C=O) groups excluding carboxylic acids is 2. The molecule has 1 fully saturated rings. The number of anilines is 1. The van der Waals surface area contributed by atoms with Crippen molar-refractivity contribution in [2.45, 2.75) is 64.6 Å². The van der Waals surface area contributed by atoms with E-state index in [-0.39, 0.29) is 24.2 Å². The van der Waals surface area contributed by atoms with Crippen LogP contribution in [0.4, 0.5) is 10.1 Å². The number of para-hydroxylation sites is 1. The van der Waals surface area contributed by atoms with Crippen molar-refractivity contribution in [2.75, 3.05) is 24.9 Å². The summed E-state index contributed by atoms with van der Waals surface area (Å²) in [6.45, 7) is 3.22. The summed E-state index contributed by atoms with van der Waals surface area (Å²) in [7, 11) is -1.57. The van der Waals surface area contributed by atoms with Gasteiger partial charge in [-0.15, -0.1) is 0 Å². The average molecular weight is 533 g/mol. The molecule has 1 N–H and O–H groups in total. The van der Waals surface area contributed by atoms with E-state index in [1.807, 2.05) is 38.1 Å². The van der Waals surface area contributed by atoms with E-state index in [9.17, 15) is 22.4 Å². The number of hydrogen-bond donors (Lipinski definition) is 1. The summed E-state index contributed by atoms with van der Waals surface area (Å²) in [5.74, 6) is -1.62. The molecule has 1 aliphatic rings. The van der Waals surface area contributed by atoms with Crippen LogP contribution in [0.15, 0.2) is 48.5 Å². The first kappa shape index (κ1) is 28.6. The second-order valence-corrected chi connectivity index (χ2v) is 11.7. The Hall–Kier alpha value is -2.98. The smallest absolute Gasteiger partial charge is 0.304 e. The summed E-state index contributed by atoms with van der Waals surface area (Å²) in [6.07, 6.45) is 4.24. The Morgan fingerprint density at radius 3 is 2.35 bits per heavy atom. The van der Waals surface area contributed by atoms with Gasteiger partial charge in [0.15, 0.2) is 0 Å². The van der Waals surface area contributed by atoms with Gasteiger partial charge < -0.3 is 10.2 Å². The number of rotatable bonds is 11. The molecule has 8 nitrogen and oxygen atoms in total. The Morgan fingerprint density at radius 1 is 1.08 bits per heavy atom. The first-order chi connectivity index (χ1) is 17.5. The van der Waals surface area contributed by atoms with Crippen molar-refractivity contribution in [1.29, 1.82) is 0 Å². The number of benzene rings is 2. The maximum atomic E-state index is 14.7. The number of hydrogen-bond acceptors (Lipinski definition) is 4. The van der Waals surface area contributed by atoms with Gasteiger partial charge in [0.25, 0.3) is 0 Å². The van der Waals surface area contributed by atoms with E-state index in [0.717, 1.165) is 51.5 Å². The second kappa shape index (κ2) is 12.5. The van der Waals surface area contributed by atoms with Crippen molar-refractivity contribution in [3.8, 4) is 0 Å². The highest BCUT2D eigenvalue weighted by Gasteiger charge is 2.35. The predicted octanol–water partition coefficient (Wildman–Crippen LogP) is 3.61. The lowest BCUT2D eigenvalue weighted by atomic mass is 10.1. The molecule has 1 atom stereocenters. The molecule has 0 bridgehead atoms. The largest absolute Gasteiger partial charge is 0.352 e. The zero-order valence-corrected chi connectivity index (χ0v) is 22.8. The molecular weight excluding hydrogens is 495 g/mol. The highest BCUT2D eigenvalue weighted by molar-refractivity contribution is 7.90. The summed E-state index contributed by atoms with van der Waals surface area (Å²) in [5, 5.41) is 3.07. The molecule has 0 unspecified atom stereocenters. The molecule has 3 rings (SSSR count). The first-order valence-corrected chi connectivity index (χ1v) is 14.0. The topological polar surface area (TPSA) is 90.0 Å². The van der Waals surface area contributed by atoms with Crippen molar-refractivity contribution in [1.82, 2.24) is 14.5 Å². The molecule has 1 aliphatic carbocycles. The molecule has 10 heteroatoms. The average Bonchev–Trinajstić information content (AvgIpc) is 3.35. The maximum absolute atomic E-state index is 14.7. The standard InChI is InChI=1S/C27H37FN4O4S/c1-5-24(27(34)29-22-13-6-7-14-22)31(18-21-12-10-11-20(2)17-21)26(33)19-32(37(35,36)30(3)4)25-16-9-8-15-23(25)28/h8-12,15-17,22,24H,5-7,13-14,18-19H2,1-4H3,(H,29,34)/t24-/m0/s1. The Balaban J connectivity index is 1.98. The van der Waals surface area contributed by atoms with E-state index in [1.165, 1.54) is 37.2 Å². The second-order valence-electron chi connectivity index (χ2n) is 9.67. The normalized spacial score (nSPS) is 15.0. The lowest BCUT2D eigenvalue weighted by Gasteiger charge is -2.34. The fourth-order valence-corrected chi connectivity index (χ4v) is 5.71. The molecule has 0 aromatic heterocycles. The highest BCUT2D eigenvalue weighted by atomic mass is 32.2. The van der Waals surface area contributed by atoms with Crippen LogP contribution in [0.5, 0.6) is 0 Å². The summed E-state index contributed by atoms with van der Waals surface area (Å²) in [5.41, 5.74) is 1.58. The zero-order chi connectivity index (χ0) is 27.2. The Bertz CT molecular complexity index is 1200. The quantitative estimate of drug-likeness (QED) is 0.479. The maximum Gasteiger partial charge on any atom is 0.304 e. The molecular formula is C27H37FN4O4S. The van der Waals surface area contributed by atoms with Gasteiger partial charge in [0.2, 0.25) is 11.8 Å². The molecule has 0 heterocycles. The van der Waals surface area contributed by atoms with Crippen LogP contribution in [0, 0.1) is 12.7 Å². The van der Waals surface area contributed by atoms with E-state index < -0.39 is 34.5 Å². The molecule has 0 saturated heterocycles. The van der Waals surface area contributed by atoms with Gasteiger partial charge in [-0.1, -0.05) is 61.7 Å². The van der Waals surface area contributed by atoms with Gasteiger partial charge in [-0.2, -0.15) is 12.7 Å². The number of halogens is 1. The number of amides is 2. The highest BCUT2D eigenvalue weighted by Crippen LogP contribution is 2.24. The van der Waals surface area contributed by atoms with Crippen LogP contribution in [0.2, 0.25) is 0 Å². The number of aryl methyl sites for hydroxylation is 1. The van der Waals surface area contributed by atoms with Crippen LogP contribution in [0.25, 0.3) is 0 Å². The number of carbonyl (C=O) groups is 2. The summed E-state index contributed by atoms with van der Waals surface area (Å²) < 4.78 is 42.8. The minimum atomic E-state index is -4.22. The minimum absolute atomic E-state index is 0.0708. The zero-order valence-electron chi connectivity index (χ0n) is 22.0. The lowest BCUT2D eigenvalue weighted by Crippen LogP contribution is -2.54. The Morgan fingerprint density at radius 2 is 1.76 bits per heavy atom. The van der Waals surface area contributed by atoms with Crippen molar-refractivity contribution < 1.29 is 22.4 Å².